The molecule has 0 spiro atoms. The Morgan fingerprint density at radius 2 is 1.64 bits per heavy atom. The molecule has 132 valence electrons. The highest BCUT2D eigenvalue weighted by Gasteiger charge is 2.04. The van der Waals surface area contributed by atoms with Crippen LogP contribution in [0.5, 0.6) is 0 Å². The van der Waals surface area contributed by atoms with Crippen LogP contribution in [-0.4, -0.2) is 25.2 Å². The number of nitrogens with two attached hydrogens (primary N) is 1. The van der Waals surface area contributed by atoms with Gasteiger partial charge in [0.15, 0.2) is 0 Å². The molecule has 3 N–H and O–H groups in total. The van der Waals surface area contributed by atoms with Crippen LogP contribution in [0.3, 0.4) is 0 Å². The van der Waals surface area contributed by atoms with Crippen LogP contribution in [0, 0.1) is 0 Å². The summed E-state index contributed by atoms with van der Waals surface area (Å²) in [6.07, 6.45) is 3.89. The highest BCUT2D eigenvalue weighted by molar-refractivity contribution is 5.95. The predicted molar refractivity (Wildman–Crippen MR) is 105 cm³/mol. The second-order valence-corrected chi connectivity index (χ2v) is 5.90. The number of carbonyl (C=O) groups excluding carboxylic acids is 1. The van der Waals surface area contributed by atoms with E-state index in [9.17, 15) is 4.79 Å². The van der Waals surface area contributed by atoms with Crippen molar-refractivity contribution in [3.8, 4) is 0 Å². The number of hydrazone groups is 1. The molecule has 0 unspecified atom stereocenters. The maximum absolute atomic E-state index is 12.0. The smallest absolute Gasteiger partial charge is 0.271 e. The lowest BCUT2D eigenvalue weighted by Gasteiger charge is -2.23. The Labute approximate surface area is 149 Å². The number of rotatable bonds is 8. The largest absolute Gasteiger partial charge is 0.399 e. The summed E-state index contributed by atoms with van der Waals surface area (Å²) >= 11 is 0. The number of nitrogens with zero attached hydrogens (tertiary/aromatic N) is 2. The van der Waals surface area contributed by atoms with Gasteiger partial charge in [0.1, 0.15) is 0 Å². The first-order chi connectivity index (χ1) is 12.1. The number of hydrogen-bond donors (Lipinski definition) is 2. The summed E-state index contributed by atoms with van der Waals surface area (Å²) in [4.78, 5) is 14.3. The average Bonchev–Trinajstić information content (AvgIpc) is 2.62. The molecule has 2 rings (SSSR count). The summed E-state index contributed by atoms with van der Waals surface area (Å²) < 4.78 is 0. The van der Waals surface area contributed by atoms with Crippen molar-refractivity contribution in [3.63, 3.8) is 0 Å². The molecule has 1 amide bonds. The summed E-state index contributed by atoms with van der Waals surface area (Å²) in [6, 6.07) is 14.9. The molecule has 0 aromatic heterocycles. The third-order valence-corrected chi connectivity index (χ3v) is 3.80. The molecule has 5 heteroatoms. The fourth-order valence-electron chi connectivity index (χ4n) is 2.55. The van der Waals surface area contributed by atoms with Gasteiger partial charge in [0.05, 0.1) is 6.21 Å². The standard InChI is InChI=1S/C20H26N4O/c1-3-13-24(14-4-2)19-11-5-16(6-12-19)15-22-23-20(25)17-7-9-18(21)10-8-17/h5-12,15H,3-4,13-14,21H2,1-2H3,(H,23,25)/b22-15-. The normalized spacial score (nSPS) is 10.8. The van der Waals surface area contributed by atoms with Gasteiger partial charge in [-0.1, -0.05) is 26.0 Å². The van der Waals surface area contributed by atoms with Crippen molar-refractivity contribution >= 4 is 23.5 Å². The quantitative estimate of drug-likeness (QED) is 0.438. The number of nitrogen functional groups attached to an aromatic ring is 1. The van der Waals surface area contributed by atoms with Crippen LogP contribution in [0.2, 0.25) is 0 Å². The van der Waals surface area contributed by atoms with E-state index < -0.39 is 0 Å². The first-order valence-corrected chi connectivity index (χ1v) is 8.68. The van der Waals surface area contributed by atoms with Crippen LogP contribution in [0.4, 0.5) is 11.4 Å². The first kappa shape index (κ1) is 18.5. The summed E-state index contributed by atoms with van der Waals surface area (Å²) in [7, 11) is 0. The Hall–Kier alpha value is -2.82. The van der Waals surface area contributed by atoms with E-state index in [1.165, 1.54) is 5.69 Å². The minimum Gasteiger partial charge on any atom is -0.399 e. The number of amides is 1. The minimum atomic E-state index is -0.259. The number of carbonyl (C=O) groups is 1. The van der Waals surface area contributed by atoms with Crippen LogP contribution >= 0.6 is 0 Å². The number of benzene rings is 2. The molecule has 0 saturated heterocycles. The van der Waals surface area contributed by atoms with Gasteiger partial charge in [-0.3, -0.25) is 4.79 Å². The van der Waals surface area contributed by atoms with E-state index in [0.717, 1.165) is 31.5 Å². The van der Waals surface area contributed by atoms with E-state index in [-0.39, 0.29) is 5.91 Å². The van der Waals surface area contributed by atoms with Gasteiger partial charge in [-0.2, -0.15) is 5.10 Å². The Morgan fingerprint density at radius 1 is 1.04 bits per heavy atom. The molecule has 0 aliphatic heterocycles. The second-order valence-electron chi connectivity index (χ2n) is 5.90. The molecular weight excluding hydrogens is 312 g/mol. The Bertz CT molecular complexity index is 687. The zero-order chi connectivity index (χ0) is 18.1. The minimum absolute atomic E-state index is 0.259. The average molecular weight is 338 g/mol. The van der Waals surface area contributed by atoms with Gasteiger partial charge in [0.2, 0.25) is 0 Å². The predicted octanol–water partition coefficient (Wildman–Crippen LogP) is 3.66. The SMILES string of the molecule is CCCN(CCC)c1ccc(/C=N\NC(=O)c2ccc(N)cc2)cc1. The van der Waals surface area contributed by atoms with E-state index in [1.54, 1.807) is 30.5 Å². The molecule has 0 bridgehead atoms. The third kappa shape index (κ3) is 5.64. The van der Waals surface area contributed by atoms with Crippen LogP contribution in [0.25, 0.3) is 0 Å². The zero-order valence-corrected chi connectivity index (χ0v) is 14.9. The van der Waals surface area contributed by atoms with Gasteiger partial charge in [-0.25, -0.2) is 5.43 Å². The van der Waals surface area contributed by atoms with Crippen molar-refractivity contribution in [1.82, 2.24) is 5.43 Å². The Kier molecular flexibility index (Phi) is 7.01. The van der Waals surface area contributed by atoms with Crippen molar-refractivity contribution in [2.24, 2.45) is 5.10 Å². The fourth-order valence-corrected chi connectivity index (χ4v) is 2.55. The van der Waals surface area contributed by atoms with Gasteiger partial charge in [0, 0.05) is 30.0 Å². The monoisotopic (exact) mass is 338 g/mol. The van der Waals surface area contributed by atoms with Crippen LogP contribution < -0.4 is 16.1 Å². The van der Waals surface area contributed by atoms with Gasteiger partial charge >= 0.3 is 0 Å². The van der Waals surface area contributed by atoms with Crippen molar-refractivity contribution < 1.29 is 4.79 Å². The lowest BCUT2D eigenvalue weighted by Crippen LogP contribution is -2.24. The van der Waals surface area contributed by atoms with Crippen LogP contribution in [-0.2, 0) is 0 Å². The van der Waals surface area contributed by atoms with Crippen LogP contribution in [0.1, 0.15) is 42.6 Å². The Morgan fingerprint density at radius 3 is 2.20 bits per heavy atom. The lowest BCUT2D eigenvalue weighted by atomic mass is 10.2. The molecule has 0 radical (unpaired) electrons. The molecule has 0 aliphatic carbocycles. The van der Waals surface area contributed by atoms with Gasteiger partial charge in [0.25, 0.3) is 5.91 Å². The van der Waals surface area contributed by atoms with E-state index in [1.807, 2.05) is 12.1 Å². The van der Waals surface area contributed by atoms with Gasteiger partial charge < -0.3 is 10.6 Å². The van der Waals surface area contributed by atoms with Crippen molar-refractivity contribution in [2.75, 3.05) is 23.7 Å². The molecule has 2 aromatic rings. The molecular formula is C20H26N4O. The van der Waals surface area contributed by atoms with E-state index in [4.69, 9.17) is 5.73 Å². The van der Waals surface area contributed by atoms with E-state index in [2.05, 4.69) is 41.4 Å². The molecule has 0 fully saturated rings. The summed E-state index contributed by atoms with van der Waals surface area (Å²) in [5.41, 5.74) is 11.4. The summed E-state index contributed by atoms with van der Waals surface area (Å²) in [6.45, 7) is 6.48. The molecule has 25 heavy (non-hydrogen) atoms. The molecule has 0 heterocycles. The number of hydrogen-bond acceptors (Lipinski definition) is 4. The maximum Gasteiger partial charge on any atom is 0.271 e. The highest BCUT2D eigenvalue weighted by Crippen LogP contribution is 2.15. The van der Waals surface area contributed by atoms with E-state index in [0.29, 0.717) is 11.3 Å². The number of nitrogens with one attached hydrogen (secondary N) is 1. The lowest BCUT2D eigenvalue weighted by molar-refractivity contribution is 0.0955. The third-order valence-electron chi connectivity index (χ3n) is 3.80. The van der Waals surface area contributed by atoms with E-state index >= 15 is 0 Å². The molecule has 5 nitrogen and oxygen atoms in total. The van der Waals surface area contributed by atoms with Crippen molar-refractivity contribution in [1.29, 1.82) is 0 Å². The molecule has 0 aliphatic rings. The second kappa shape index (κ2) is 9.47. The molecule has 2 aromatic carbocycles. The summed E-state index contributed by atoms with van der Waals surface area (Å²) in [5, 5.41) is 4.02. The molecule has 0 atom stereocenters. The van der Waals surface area contributed by atoms with Gasteiger partial charge in [-0.15, -0.1) is 0 Å². The van der Waals surface area contributed by atoms with Gasteiger partial charge in [-0.05, 0) is 54.8 Å². The maximum atomic E-state index is 12.0. The van der Waals surface area contributed by atoms with Crippen molar-refractivity contribution in [2.45, 2.75) is 26.7 Å². The van der Waals surface area contributed by atoms with Crippen molar-refractivity contribution in [3.05, 3.63) is 59.7 Å². The highest BCUT2D eigenvalue weighted by atomic mass is 16.2. The topological polar surface area (TPSA) is 70.7 Å². The first-order valence-electron chi connectivity index (χ1n) is 8.68. The fraction of sp³-hybridized carbons (Fsp3) is 0.300. The number of anilines is 2. The van der Waals surface area contributed by atoms with Crippen LogP contribution in [0.15, 0.2) is 53.6 Å². The summed E-state index contributed by atoms with van der Waals surface area (Å²) in [5.74, 6) is -0.259. The molecule has 0 saturated carbocycles. The zero-order valence-electron chi connectivity index (χ0n) is 14.9. The Balaban J connectivity index is 1.94.